The Morgan fingerprint density at radius 3 is 2.76 bits per heavy atom. The zero-order chi connectivity index (χ0) is 12.7. The molecule has 17 heavy (non-hydrogen) atoms. The summed E-state index contributed by atoms with van der Waals surface area (Å²) in [6, 6.07) is 4.52. The first-order chi connectivity index (χ1) is 8.17. The van der Waals surface area contributed by atoms with E-state index in [9.17, 15) is 9.18 Å². The predicted octanol–water partition coefficient (Wildman–Crippen LogP) is 0.712. The van der Waals surface area contributed by atoms with Crippen LogP contribution >= 0.6 is 0 Å². The molecule has 1 aromatic carbocycles. The van der Waals surface area contributed by atoms with Crippen LogP contribution in [0.5, 0.6) is 5.75 Å². The number of ether oxygens (including phenoxy) is 1. The van der Waals surface area contributed by atoms with E-state index >= 15 is 0 Å². The molecule has 0 saturated carbocycles. The van der Waals surface area contributed by atoms with Crippen molar-refractivity contribution in [1.29, 1.82) is 0 Å². The Morgan fingerprint density at radius 2 is 2.18 bits per heavy atom. The number of likely N-dealkylation sites (N-methyl/N-ethyl adjacent to an activating group) is 1. The quantitative estimate of drug-likeness (QED) is 0.720. The highest BCUT2D eigenvalue weighted by Gasteiger charge is 2.07. The molecule has 0 saturated heterocycles. The van der Waals surface area contributed by atoms with Crippen molar-refractivity contribution in [3.8, 4) is 5.75 Å². The van der Waals surface area contributed by atoms with Crippen molar-refractivity contribution in [3.05, 3.63) is 29.6 Å². The predicted molar refractivity (Wildman–Crippen MR) is 63.6 cm³/mol. The van der Waals surface area contributed by atoms with Gasteiger partial charge in [-0.15, -0.1) is 0 Å². The maximum absolute atomic E-state index is 13.3. The Balaban J connectivity index is 2.51. The summed E-state index contributed by atoms with van der Waals surface area (Å²) in [4.78, 5) is 11.5. The lowest BCUT2D eigenvalue weighted by Gasteiger charge is -2.06. The van der Waals surface area contributed by atoms with Gasteiger partial charge in [-0.2, -0.15) is 0 Å². The van der Waals surface area contributed by atoms with Gasteiger partial charge in [0.15, 0.2) is 11.6 Å². The molecule has 0 bridgehead atoms. The maximum Gasteiger partial charge on any atom is 0.224 e. The van der Waals surface area contributed by atoms with E-state index in [4.69, 9.17) is 4.74 Å². The van der Waals surface area contributed by atoms with Crippen LogP contribution in [0.25, 0.3) is 0 Å². The average Bonchev–Trinajstić information content (AvgIpc) is 2.29. The molecule has 0 fully saturated rings. The van der Waals surface area contributed by atoms with Gasteiger partial charge >= 0.3 is 0 Å². The first kappa shape index (κ1) is 13.4. The smallest absolute Gasteiger partial charge is 0.224 e. The second-order valence-corrected chi connectivity index (χ2v) is 3.60. The summed E-state index contributed by atoms with van der Waals surface area (Å²) in [6.45, 7) is 1.27. The topological polar surface area (TPSA) is 50.4 Å². The Labute approximate surface area is 100 Å². The van der Waals surface area contributed by atoms with E-state index in [-0.39, 0.29) is 18.1 Å². The lowest BCUT2D eigenvalue weighted by atomic mass is 10.1. The van der Waals surface area contributed by atoms with Crippen molar-refractivity contribution in [1.82, 2.24) is 10.6 Å². The summed E-state index contributed by atoms with van der Waals surface area (Å²) < 4.78 is 18.1. The molecule has 2 N–H and O–H groups in total. The van der Waals surface area contributed by atoms with Crippen molar-refractivity contribution < 1.29 is 13.9 Å². The van der Waals surface area contributed by atoms with Gasteiger partial charge in [0.1, 0.15) is 0 Å². The number of hydrogen-bond acceptors (Lipinski definition) is 3. The van der Waals surface area contributed by atoms with Crippen molar-refractivity contribution in [2.75, 3.05) is 27.2 Å². The first-order valence-electron chi connectivity index (χ1n) is 5.41. The third-order valence-electron chi connectivity index (χ3n) is 2.28. The molecule has 0 spiro atoms. The highest BCUT2D eigenvalue weighted by atomic mass is 19.1. The number of halogens is 1. The molecule has 0 aliphatic carbocycles. The molecule has 0 radical (unpaired) electrons. The van der Waals surface area contributed by atoms with Crippen LogP contribution in [0.15, 0.2) is 18.2 Å². The summed E-state index contributed by atoms with van der Waals surface area (Å²) >= 11 is 0. The lowest BCUT2D eigenvalue weighted by Crippen LogP contribution is -2.31. The third kappa shape index (κ3) is 4.40. The monoisotopic (exact) mass is 240 g/mol. The summed E-state index contributed by atoms with van der Waals surface area (Å²) in [5.74, 6) is -0.387. The van der Waals surface area contributed by atoms with Crippen LogP contribution in [0.4, 0.5) is 4.39 Å². The number of hydrogen-bond donors (Lipinski definition) is 2. The molecular weight excluding hydrogens is 223 g/mol. The summed E-state index contributed by atoms with van der Waals surface area (Å²) in [5, 5.41) is 5.64. The first-order valence-corrected chi connectivity index (χ1v) is 5.41. The highest BCUT2D eigenvalue weighted by Crippen LogP contribution is 2.17. The van der Waals surface area contributed by atoms with Crippen LogP contribution < -0.4 is 15.4 Å². The van der Waals surface area contributed by atoms with Gasteiger partial charge in [-0.05, 0) is 24.7 Å². The molecule has 5 heteroatoms. The van der Waals surface area contributed by atoms with Gasteiger partial charge in [0.25, 0.3) is 0 Å². The number of carbonyl (C=O) groups is 1. The van der Waals surface area contributed by atoms with E-state index in [1.165, 1.54) is 19.2 Å². The molecule has 0 aromatic heterocycles. The van der Waals surface area contributed by atoms with Crippen LogP contribution in [0, 0.1) is 5.82 Å². The standard InChI is InChI=1S/C12H17FN2O2/c1-14-5-6-15-12(16)8-9-3-4-11(17-2)10(13)7-9/h3-4,7,14H,5-6,8H2,1-2H3,(H,15,16). The minimum atomic E-state index is -0.451. The van der Waals surface area contributed by atoms with E-state index in [0.717, 1.165) is 0 Å². The lowest BCUT2D eigenvalue weighted by molar-refractivity contribution is -0.120. The second-order valence-electron chi connectivity index (χ2n) is 3.60. The summed E-state index contributed by atoms with van der Waals surface area (Å²) in [5.41, 5.74) is 0.630. The van der Waals surface area contributed by atoms with E-state index in [2.05, 4.69) is 10.6 Å². The number of rotatable bonds is 6. The summed E-state index contributed by atoms with van der Waals surface area (Å²) in [6.07, 6.45) is 0.171. The van der Waals surface area contributed by atoms with Crippen molar-refractivity contribution in [2.45, 2.75) is 6.42 Å². The van der Waals surface area contributed by atoms with Gasteiger partial charge < -0.3 is 15.4 Å². The van der Waals surface area contributed by atoms with Crippen molar-refractivity contribution in [3.63, 3.8) is 0 Å². The fourth-order valence-electron chi connectivity index (χ4n) is 1.39. The van der Waals surface area contributed by atoms with Crippen molar-refractivity contribution in [2.24, 2.45) is 0 Å². The van der Waals surface area contributed by atoms with Gasteiger partial charge in [0, 0.05) is 13.1 Å². The van der Waals surface area contributed by atoms with Crippen LogP contribution in [0.2, 0.25) is 0 Å². The molecule has 0 aliphatic heterocycles. The Kier molecular flexibility index (Phi) is 5.42. The third-order valence-corrected chi connectivity index (χ3v) is 2.28. The van der Waals surface area contributed by atoms with E-state index in [1.807, 2.05) is 7.05 Å². The maximum atomic E-state index is 13.3. The fourth-order valence-corrected chi connectivity index (χ4v) is 1.39. The minimum absolute atomic E-state index is 0.121. The molecule has 94 valence electrons. The Bertz CT molecular complexity index is 383. The van der Waals surface area contributed by atoms with E-state index in [0.29, 0.717) is 18.7 Å². The van der Waals surface area contributed by atoms with E-state index < -0.39 is 5.82 Å². The molecule has 1 rings (SSSR count). The Morgan fingerprint density at radius 1 is 1.41 bits per heavy atom. The molecule has 1 amide bonds. The van der Waals surface area contributed by atoms with Gasteiger partial charge in [0.05, 0.1) is 13.5 Å². The molecule has 0 atom stereocenters. The second kappa shape index (κ2) is 6.85. The van der Waals surface area contributed by atoms with Gasteiger partial charge in [-0.1, -0.05) is 6.07 Å². The van der Waals surface area contributed by atoms with Crippen LogP contribution in [-0.4, -0.2) is 33.2 Å². The highest BCUT2D eigenvalue weighted by molar-refractivity contribution is 5.78. The van der Waals surface area contributed by atoms with Gasteiger partial charge in [0.2, 0.25) is 5.91 Å². The minimum Gasteiger partial charge on any atom is -0.494 e. The number of carbonyl (C=O) groups excluding carboxylic acids is 1. The van der Waals surface area contributed by atoms with E-state index in [1.54, 1.807) is 6.07 Å². The van der Waals surface area contributed by atoms with Crippen molar-refractivity contribution >= 4 is 5.91 Å². The SMILES string of the molecule is CNCCNC(=O)Cc1ccc(OC)c(F)c1. The molecule has 0 unspecified atom stereocenters. The zero-order valence-electron chi connectivity index (χ0n) is 10.0. The molecule has 1 aromatic rings. The molecule has 0 heterocycles. The number of nitrogens with one attached hydrogen (secondary N) is 2. The van der Waals surface area contributed by atoms with Gasteiger partial charge in [-0.25, -0.2) is 4.39 Å². The summed E-state index contributed by atoms with van der Waals surface area (Å²) in [7, 11) is 3.22. The molecule has 4 nitrogen and oxygen atoms in total. The molecule has 0 aliphatic rings. The number of benzene rings is 1. The van der Waals surface area contributed by atoms with Crippen LogP contribution in [0.1, 0.15) is 5.56 Å². The van der Waals surface area contributed by atoms with Crippen LogP contribution in [-0.2, 0) is 11.2 Å². The number of methoxy groups -OCH3 is 1. The molecular formula is C12H17FN2O2. The number of amides is 1. The Hall–Kier alpha value is -1.62. The van der Waals surface area contributed by atoms with Crippen LogP contribution in [0.3, 0.4) is 0 Å². The zero-order valence-corrected chi connectivity index (χ0v) is 10.0. The largest absolute Gasteiger partial charge is 0.494 e. The normalized spacial score (nSPS) is 10.1. The fraction of sp³-hybridized carbons (Fsp3) is 0.417. The van der Waals surface area contributed by atoms with Gasteiger partial charge in [-0.3, -0.25) is 4.79 Å². The average molecular weight is 240 g/mol.